The van der Waals surface area contributed by atoms with Gasteiger partial charge in [-0.1, -0.05) is 12.1 Å². The van der Waals surface area contributed by atoms with E-state index in [1.165, 1.54) is 0 Å². The van der Waals surface area contributed by atoms with Crippen LogP contribution in [0.2, 0.25) is 0 Å². The fraction of sp³-hybridized carbons (Fsp3) is 0.0500. The standard InChI is InChI=1S/C20H15N5O/c1-26-14-9-7-13(8-10-14)17-18(25-12-4-11-21-20(25)24-17)19-22-15-5-2-3-6-16(15)23-19/h2-12H,1H3,(H,22,23). The second kappa shape index (κ2) is 5.70. The van der Waals surface area contributed by atoms with Crippen molar-refractivity contribution in [3.63, 3.8) is 0 Å². The maximum atomic E-state index is 5.26. The van der Waals surface area contributed by atoms with Gasteiger partial charge in [-0.2, -0.15) is 0 Å². The van der Waals surface area contributed by atoms with E-state index in [0.29, 0.717) is 5.78 Å². The maximum absolute atomic E-state index is 5.26. The summed E-state index contributed by atoms with van der Waals surface area (Å²) in [5.74, 6) is 2.20. The van der Waals surface area contributed by atoms with Gasteiger partial charge in [-0.05, 0) is 42.5 Å². The molecule has 0 saturated heterocycles. The lowest BCUT2D eigenvalue weighted by atomic mass is 10.1. The summed E-state index contributed by atoms with van der Waals surface area (Å²) in [7, 11) is 1.66. The number of hydrogen-bond acceptors (Lipinski definition) is 4. The summed E-state index contributed by atoms with van der Waals surface area (Å²) >= 11 is 0. The van der Waals surface area contributed by atoms with Crippen molar-refractivity contribution in [3.8, 4) is 28.5 Å². The first kappa shape index (κ1) is 14.7. The summed E-state index contributed by atoms with van der Waals surface area (Å²) in [5.41, 5.74) is 4.59. The first-order chi connectivity index (χ1) is 12.8. The summed E-state index contributed by atoms with van der Waals surface area (Å²) in [4.78, 5) is 17.3. The molecule has 0 spiro atoms. The predicted molar refractivity (Wildman–Crippen MR) is 100 cm³/mol. The Kier molecular flexibility index (Phi) is 3.21. The number of ether oxygens (including phenoxy) is 1. The van der Waals surface area contributed by atoms with Crippen LogP contribution in [0.5, 0.6) is 5.75 Å². The van der Waals surface area contributed by atoms with Crippen molar-refractivity contribution in [2.24, 2.45) is 0 Å². The second-order valence-electron chi connectivity index (χ2n) is 5.93. The van der Waals surface area contributed by atoms with Crippen molar-refractivity contribution in [2.45, 2.75) is 0 Å². The fourth-order valence-electron chi connectivity index (χ4n) is 3.13. The van der Waals surface area contributed by atoms with E-state index in [4.69, 9.17) is 14.7 Å². The number of nitrogens with zero attached hydrogens (tertiary/aromatic N) is 4. The van der Waals surface area contributed by atoms with Gasteiger partial charge in [0.25, 0.3) is 0 Å². The third-order valence-corrected chi connectivity index (χ3v) is 4.38. The smallest absolute Gasteiger partial charge is 0.234 e. The molecule has 0 aliphatic rings. The lowest BCUT2D eigenvalue weighted by Gasteiger charge is -2.04. The average molecular weight is 341 g/mol. The molecular formula is C20H15N5O. The van der Waals surface area contributed by atoms with Crippen molar-refractivity contribution in [1.82, 2.24) is 24.3 Å². The molecule has 5 rings (SSSR count). The van der Waals surface area contributed by atoms with Crippen molar-refractivity contribution in [2.75, 3.05) is 7.11 Å². The largest absolute Gasteiger partial charge is 0.497 e. The molecule has 5 aromatic rings. The molecule has 6 heteroatoms. The second-order valence-corrected chi connectivity index (χ2v) is 5.93. The molecule has 0 saturated carbocycles. The molecule has 1 N–H and O–H groups in total. The summed E-state index contributed by atoms with van der Waals surface area (Å²) < 4.78 is 7.22. The van der Waals surface area contributed by atoms with E-state index >= 15 is 0 Å². The Bertz CT molecular complexity index is 1190. The number of methoxy groups -OCH3 is 1. The van der Waals surface area contributed by atoms with Crippen LogP contribution in [0.3, 0.4) is 0 Å². The zero-order valence-electron chi connectivity index (χ0n) is 14.0. The number of nitrogens with one attached hydrogen (secondary N) is 1. The van der Waals surface area contributed by atoms with Crippen molar-refractivity contribution in [1.29, 1.82) is 0 Å². The van der Waals surface area contributed by atoms with Gasteiger partial charge in [0, 0.05) is 18.0 Å². The molecule has 0 fully saturated rings. The van der Waals surface area contributed by atoms with Gasteiger partial charge < -0.3 is 9.72 Å². The van der Waals surface area contributed by atoms with E-state index in [0.717, 1.165) is 39.6 Å². The third kappa shape index (κ3) is 2.23. The minimum Gasteiger partial charge on any atom is -0.497 e. The highest BCUT2D eigenvalue weighted by molar-refractivity contribution is 5.84. The molecule has 6 nitrogen and oxygen atoms in total. The molecule has 3 heterocycles. The zero-order valence-corrected chi connectivity index (χ0v) is 14.0. The topological polar surface area (TPSA) is 68.1 Å². The van der Waals surface area contributed by atoms with Gasteiger partial charge in [-0.25, -0.2) is 15.0 Å². The van der Waals surface area contributed by atoms with E-state index in [1.54, 1.807) is 13.3 Å². The van der Waals surface area contributed by atoms with Crippen LogP contribution in [-0.2, 0) is 0 Å². The maximum Gasteiger partial charge on any atom is 0.234 e. The quantitative estimate of drug-likeness (QED) is 0.539. The van der Waals surface area contributed by atoms with Gasteiger partial charge in [0.1, 0.15) is 17.1 Å². The number of para-hydroxylation sites is 2. The number of imidazole rings is 2. The van der Waals surface area contributed by atoms with Crippen LogP contribution in [0.4, 0.5) is 0 Å². The SMILES string of the molecule is COc1ccc(-c2nc3ncccn3c2-c2nc3ccccc3[nH]2)cc1. The predicted octanol–water partition coefficient (Wildman–Crippen LogP) is 3.95. The van der Waals surface area contributed by atoms with Crippen LogP contribution in [0.15, 0.2) is 67.0 Å². The van der Waals surface area contributed by atoms with Gasteiger partial charge >= 0.3 is 0 Å². The van der Waals surface area contributed by atoms with Crippen molar-refractivity contribution < 1.29 is 4.74 Å². The number of aromatic amines is 1. The van der Waals surface area contributed by atoms with Crippen LogP contribution < -0.4 is 4.74 Å². The Morgan fingerprint density at radius 1 is 0.962 bits per heavy atom. The molecule has 2 aromatic carbocycles. The highest BCUT2D eigenvalue weighted by Crippen LogP contribution is 2.32. The van der Waals surface area contributed by atoms with E-state index in [2.05, 4.69) is 9.97 Å². The van der Waals surface area contributed by atoms with Gasteiger partial charge in [0.05, 0.1) is 18.1 Å². The zero-order chi connectivity index (χ0) is 17.5. The Hall–Kier alpha value is -3.67. The van der Waals surface area contributed by atoms with E-state index in [1.807, 2.05) is 65.2 Å². The normalized spacial score (nSPS) is 11.3. The number of aromatic nitrogens is 5. The van der Waals surface area contributed by atoms with Gasteiger partial charge in [-0.3, -0.25) is 4.40 Å². The van der Waals surface area contributed by atoms with Crippen molar-refractivity contribution >= 4 is 16.8 Å². The Morgan fingerprint density at radius 3 is 2.62 bits per heavy atom. The molecule has 26 heavy (non-hydrogen) atoms. The van der Waals surface area contributed by atoms with Crippen LogP contribution in [0, 0.1) is 0 Å². The van der Waals surface area contributed by atoms with Crippen molar-refractivity contribution in [3.05, 3.63) is 67.0 Å². The first-order valence-electron chi connectivity index (χ1n) is 8.26. The Labute approximate surface area is 149 Å². The van der Waals surface area contributed by atoms with Crippen LogP contribution in [-0.4, -0.2) is 31.4 Å². The van der Waals surface area contributed by atoms with Gasteiger partial charge in [0.15, 0.2) is 5.82 Å². The molecule has 0 aliphatic heterocycles. The third-order valence-electron chi connectivity index (χ3n) is 4.38. The molecule has 0 amide bonds. The highest BCUT2D eigenvalue weighted by atomic mass is 16.5. The summed E-state index contributed by atoms with van der Waals surface area (Å²) in [6.45, 7) is 0. The van der Waals surface area contributed by atoms with Gasteiger partial charge in [-0.15, -0.1) is 0 Å². The van der Waals surface area contributed by atoms with E-state index < -0.39 is 0 Å². The summed E-state index contributed by atoms with van der Waals surface area (Å²) in [6.07, 6.45) is 3.69. The number of hydrogen-bond donors (Lipinski definition) is 1. The lowest BCUT2D eigenvalue weighted by molar-refractivity contribution is 0.415. The van der Waals surface area contributed by atoms with Gasteiger partial charge in [0.2, 0.25) is 5.78 Å². The van der Waals surface area contributed by atoms with Crippen LogP contribution in [0.25, 0.3) is 39.6 Å². The number of fused-ring (bicyclic) bond motifs is 2. The first-order valence-corrected chi connectivity index (χ1v) is 8.26. The summed E-state index contributed by atoms with van der Waals surface area (Å²) in [5, 5.41) is 0. The molecule has 0 atom stereocenters. The minimum absolute atomic E-state index is 0.633. The molecular weight excluding hydrogens is 326 g/mol. The minimum atomic E-state index is 0.633. The van der Waals surface area contributed by atoms with Crippen LogP contribution >= 0.6 is 0 Å². The highest BCUT2D eigenvalue weighted by Gasteiger charge is 2.19. The number of H-pyrrole nitrogens is 1. The molecule has 0 unspecified atom stereocenters. The lowest BCUT2D eigenvalue weighted by Crippen LogP contribution is -1.92. The molecule has 126 valence electrons. The molecule has 0 radical (unpaired) electrons. The van der Waals surface area contributed by atoms with E-state index in [9.17, 15) is 0 Å². The van der Waals surface area contributed by atoms with Crippen LogP contribution in [0.1, 0.15) is 0 Å². The monoisotopic (exact) mass is 341 g/mol. The Balaban J connectivity index is 1.79. The van der Waals surface area contributed by atoms with E-state index in [-0.39, 0.29) is 0 Å². The number of rotatable bonds is 3. The molecule has 3 aromatic heterocycles. The Morgan fingerprint density at radius 2 is 1.81 bits per heavy atom. The number of benzene rings is 2. The molecule has 0 bridgehead atoms. The summed E-state index contributed by atoms with van der Waals surface area (Å²) in [6, 6.07) is 17.7. The average Bonchev–Trinajstić information content (AvgIpc) is 3.29. The fourth-order valence-corrected chi connectivity index (χ4v) is 3.13. The molecule has 0 aliphatic carbocycles.